The van der Waals surface area contributed by atoms with E-state index in [1.165, 1.54) is 25.3 Å². The SMILES string of the molecule is COC(=O)c1ccc(F)c(NCc2cc[nH]c2)c1. The Labute approximate surface area is 104 Å². The van der Waals surface area contributed by atoms with Crippen LogP contribution in [0.25, 0.3) is 0 Å². The summed E-state index contributed by atoms with van der Waals surface area (Å²) < 4.78 is 18.1. The lowest BCUT2D eigenvalue weighted by Crippen LogP contribution is -2.05. The fraction of sp³-hybridized carbons (Fsp3) is 0.154. The van der Waals surface area contributed by atoms with Gasteiger partial charge in [-0.2, -0.15) is 0 Å². The van der Waals surface area contributed by atoms with E-state index >= 15 is 0 Å². The summed E-state index contributed by atoms with van der Waals surface area (Å²) in [5.41, 5.74) is 1.59. The second kappa shape index (κ2) is 5.35. The fourth-order valence-corrected chi connectivity index (χ4v) is 1.57. The molecular formula is C13H13FN2O2. The Morgan fingerprint density at radius 3 is 2.94 bits per heavy atom. The van der Waals surface area contributed by atoms with Crippen LogP contribution < -0.4 is 5.32 Å². The number of H-pyrrole nitrogens is 1. The van der Waals surface area contributed by atoms with Crippen molar-refractivity contribution in [3.05, 3.63) is 53.6 Å². The molecule has 0 bridgehead atoms. The van der Waals surface area contributed by atoms with Crippen molar-refractivity contribution in [2.75, 3.05) is 12.4 Å². The second-order valence-electron chi connectivity index (χ2n) is 3.76. The monoisotopic (exact) mass is 248 g/mol. The van der Waals surface area contributed by atoms with Gasteiger partial charge in [-0.1, -0.05) is 0 Å². The minimum atomic E-state index is -0.486. The summed E-state index contributed by atoms with van der Waals surface area (Å²) in [6.45, 7) is 0.477. The first-order valence-electron chi connectivity index (χ1n) is 5.44. The van der Waals surface area contributed by atoms with Crippen LogP contribution in [0.4, 0.5) is 10.1 Å². The van der Waals surface area contributed by atoms with Gasteiger partial charge in [0, 0.05) is 18.9 Å². The highest BCUT2D eigenvalue weighted by molar-refractivity contribution is 5.90. The van der Waals surface area contributed by atoms with Crippen molar-refractivity contribution in [1.82, 2.24) is 4.98 Å². The van der Waals surface area contributed by atoms with Gasteiger partial charge in [-0.3, -0.25) is 0 Å². The smallest absolute Gasteiger partial charge is 0.337 e. The number of ether oxygens (including phenoxy) is 1. The van der Waals surface area contributed by atoms with Crippen LogP contribution in [0, 0.1) is 5.82 Å². The molecule has 0 aliphatic carbocycles. The summed E-state index contributed by atoms with van der Waals surface area (Å²) in [4.78, 5) is 14.2. The number of methoxy groups -OCH3 is 1. The van der Waals surface area contributed by atoms with E-state index in [0.29, 0.717) is 12.1 Å². The van der Waals surface area contributed by atoms with E-state index in [1.54, 1.807) is 6.20 Å². The minimum Gasteiger partial charge on any atom is -0.465 e. The van der Waals surface area contributed by atoms with Crippen molar-refractivity contribution in [2.45, 2.75) is 6.54 Å². The summed E-state index contributed by atoms with van der Waals surface area (Å²) in [6, 6.07) is 5.96. The van der Waals surface area contributed by atoms with Gasteiger partial charge < -0.3 is 15.0 Å². The molecule has 0 saturated heterocycles. The van der Waals surface area contributed by atoms with E-state index in [4.69, 9.17) is 0 Å². The number of nitrogens with one attached hydrogen (secondary N) is 2. The number of esters is 1. The number of aromatic nitrogens is 1. The normalized spacial score (nSPS) is 10.1. The zero-order valence-electron chi connectivity index (χ0n) is 9.87. The van der Waals surface area contributed by atoms with Gasteiger partial charge in [-0.05, 0) is 29.8 Å². The average Bonchev–Trinajstić information content (AvgIpc) is 2.90. The summed E-state index contributed by atoms with van der Waals surface area (Å²) in [5.74, 6) is -0.891. The molecule has 1 heterocycles. The third-order valence-corrected chi connectivity index (χ3v) is 2.53. The molecule has 5 heteroatoms. The number of carbonyl (C=O) groups excluding carboxylic acids is 1. The molecule has 4 nitrogen and oxygen atoms in total. The van der Waals surface area contributed by atoms with Crippen molar-refractivity contribution in [2.24, 2.45) is 0 Å². The lowest BCUT2D eigenvalue weighted by Gasteiger charge is -2.08. The number of carbonyl (C=O) groups is 1. The highest BCUT2D eigenvalue weighted by Crippen LogP contribution is 2.17. The van der Waals surface area contributed by atoms with Gasteiger partial charge in [-0.25, -0.2) is 9.18 Å². The molecule has 1 aromatic heterocycles. The lowest BCUT2D eigenvalue weighted by atomic mass is 10.2. The number of rotatable bonds is 4. The van der Waals surface area contributed by atoms with Crippen molar-refractivity contribution < 1.29 is 13.9 Å². The van der Waals surface area contributed by atoms with Crippen LogP contribution in [0.3, 0.4) is 0 Å². The molecule has 1 aromatic carbocycles. The van der Waals surface area contributed by atoms with Gasteiger partial charge in [0.05, 0.1) is 18.4 Å². The van der Waals surface area contributed by atoms with Crippen LogP contribution in [-0.2, 0) is 11.3 Å². The molecule has 0 fully saturated rings. The van der Waals surface area contributed by atoms with Gasteiger partial charge >= 0.3 is 5.97 Å². The number of hydrogen-bond donors (Lipinski definition) is 2. The molecule has 0 atom stereocenters. The summed E-state index contributed by atoms with van der Waals surface area (Å²) in [6.07, 6.45) is 3.60. The predicted octanol–water partition coefficient (Wildman–Crippen LogP) is 2.55. The lowest BCUT2D eigenvalue weighted by molar-refractivity contribution is 0.0600. The van der Waals surface area contributed by atoms with Crippen LogP contribution in [0.1, 0.15) is 15.9 Å². The van der Waals surface area contributed by atoms with Crippen LogP contribution in [-0.4, -0.2) is 18.1 Å². The number of aromatic amines is 1. The standard InChI is InChI=1S/C13H13FN2O2/c1-18-13(17)10-2-3-11(14)12(6-10)16-8-9-4-5-15-7-9/h2-7,15-16H,8H2,1H3. The molecule has 18 heavy (non-hydrogen) atoms. The molecule has 0 radical (unpaired) electrons. The molecular weight excluding hydrogens is 235 g/mol. The summed E-state index contributed by atoms with van der Waals surface area (Å²) in [5, 5.41) is 2.93. The number of hydrogen-bond acceptors (Lipinski definition) is 3. The molecule has 0 unspecified atom stereocenters. The molecule has 2 rings (SSSR count). The molecule has 0 saturated carbocycles. The molecule has 2 N–H and O–H groups in total. The molecule has 0 aliphatic heterocycles. The van der Waals surface area contributed by atoms with Crippen LogP contribution >= 0.6 is 0 Å². The topological polar surface area (TPSA) is 54.1 Å². The van der Waals surface area contributed by atoms with Crippen LogP contribution in [0.2, 0.25) is 0 Å². The molecule has 0 aliphatic rings. The molecule has 94 valence electrons. The van der Waals surface area contributed by atoms with E-state index < -0.39 is 11.8 Å². The van der Waals surface area contributed by atoms with Crippen molar-refractivity contribution in [1.29, 1.82) is 0 Å². The number of halogens is 1. The maximum Gasteiger partial charge on any atom is 0.337 e. The number of benzene rings is 1. The minimum absolute atomic E-state index is 0.277. The van der Waals surface area contributed by atoms with Crippen molar-refractivity contribution in [3.8, 4) is 0 Å². The van der Waals surface area contributed by atoms with E-state index in [-0.39, 0.29) is 5.69 Å². The van der Waals surface area contributed by atoms with Gasteiger partial charge in [-0.15, -0.1) is 0 Å². The van der Waals surface area contributed by atoms with Gasteiger partial charge in [0.15, 0.2) is 0 Å². The summed E-state index contributed by atoms with van der Waals surface area (Å²) >= 11 is 0. The highest BCUT2D eigenvalue weighted by Gasteiger charge is 2.09. The Bertz CT molecular complexity index is 538. The first-order valence-corrected chi connectivity index (χ1v) is 5.44. The third kappa shape index (κ3) is 2.68. The quantitative estimate of drug-likeness (QED) is 0.817. The zero-order valence-corrected chi connectivity index (χ0v) is 9.87. The van der Waals surface area contributed by atoms with Gasteiger partial charge in [0.25, 0.3) is 0 Å². The molecule has 0 amide bonds. The van der Waals surface area contributed by atoms with Crippen molar-refractivity contribution in [3.63, 3.8) is 0 Å². The summed E-state index contributed by atoms with van der Waals surface area (Å²) in [7, 11) is 1.29. The predicted molar refractivity (Wildman–Crippen MR) is 65.9 cm³/mol. The Hall–Kier alpha value is -2.30. The average molecular weight is 248 g/mol. The first-order chi connectivity index (χ1) is 8.70. The van der Waals surface area contributed by atoms with Gasteiger partial charge in [0.1, 0.15) is 5.82 Å². The van der Waals surface area contributed by atoms with Crippen LogP contribution in [0.15, 0.2) is 36.7 Å². The molecule has 2 aromatic rings. The molecule has 0 spiro atoms. The van der Waals surface area contributed by atoms with E-state index in [1.807, 2.05) is 12.3 Å². The Balaban J connectivity index is 2.13. The first kappa shape index (κ1) is 12.2. The van der Waals surface area contributed by atoms with E-state index in [2.05, 4.69) is 15.0 Å². The maximum absolute atomic E-state index is 13.5. The third-order valence-electron chi connectivity index (χ3n) is 2.53. The van der Waals surface area contributed by atoms with E-state index in [0.717, 1.165) is 5.56 Å². The second-order valence-corrected chi connectivity index (χ2v) is 3.76. The van der Waals surface area contributed by atoms with Crippen molar-refractivity contribution >= 4 is 11.7 Å². The van der Waals surface area contributed by atoms with Crippen LogP contribution in [0.5, 0.6) is 0 Å². The van der Waals surface area contributed by atoms with Gasteiger partial charge in [0.2, 0.25) is 0 Å². The fourth-order valence-electron chi connectivity index (χ4n) is 1.57. The van der Waals surface area contributed by atoms with E-state index in [9.17, 15) is 9.18 Å². The Morgan fingerprint density at radius 1 is 1.44 bits per heavy atom. The Morgan fingerprint density at radius 2 is 2.28 bits per heavy atom. The Kier molecular flexibility index (Phi) is 3.62. The highest BCUT2D eigenvalue weighted by atomic mass is 19.1. The number of anilines is 1. The largest absolute Gasteiger partial charge is 0.465 e. The zero-order chi connectivity index (χ0) is 13.0. The maximum atomic E-state index is 13.5.